The van der Waals surface area contributed by atoms with E-state index in [1.165, 1.54) is 77.0 Å². The van der Waals surface area contributed by atoms with E-state index in [-0.39, 0.29) is 0 Å². The van der Waals surface area contributed by atoms with Crippen molar-refractivity contribution in [3.05, 3.63) is 6.54 Å². The Morgan fingerprint density at radius 1 is 0.737 bits per heavy atom. The van der Waals surface area contributed by atoms with Crippen molar-refractivity contribution < 1.29 is 0 Å². The fourth-order valence-corrected chi connectivity index (χ4v) is 2.25. The van der Waals surface area contributed by atoms with Crippen LogP contribution in [0, 0.1) is 18.4 Å². The summed E-state index contributed by atoms with van der Waals surface area (Å²) in [5.74, 6) is 6.14. The molecule has 0 aliphatic heterocycles. The van der Waals surface area contributed by atoms with Gasteiger partial charge < -0.3 is 5.32 Å². The highest BCUT2D eigenvalue weighted by Gasteiger charge is 1.92. The number of rotatable bonds is 13. The maximum absolute atomic E-state index is 3.15. The van der Waals surface area contributed by atoms with Crippen molar-refractivity contribution in [3.63, 3.8) is 0 Å². The third-order valence-corrected chi connectivity index (χ3v) is 3.47. The van der Waals surface area contributed by atoms with Gasteiger partial charge in [-0.2, -0.15) is 0 Å². The topological polar surface area (TPSA) is 12.0 Å². The Bertz CT molecular complexity index is 211. The maximum Gasteiger partial charge on any atom is 0.0956 e. The summed E-state index contributed by atoms with van der Waals surface area (Å²) < 4.78 is 0. The van der Waals surface area contributed by atoms with Crippen LogP contribution < -0.4 is 5.32 Å². The van der Waals surface area contributed by atoms with Crippen LogP contribution in [0.4, 0.5) is 0 Å². The molecule has 1 nitrogen and oxygen atoms in total. The summed E-state index contributed by atoms with van der Waals surface area (Å²) in [5.41, 5.74) is 0. The molecule has 0 aromatic heterocycles. The van der Waals surface area contributed by atoms with Gasteiger partial charge in [0.2, 0.25) is 0 Å². The SMILES string of the molecule is CCCCCCCCCCCCCCC#C[CH]NC. The first-order valence-electron chi connectivity index (χ1n) is 8.39. The molecule has 0 saturated carbocycles. The van der Waals surface area contributed by atoms with Gasteiger partial charge in [0.05, 0.1) is 6.54 Å². The minimum Gasteiger partial charge on any atom is -0.305 e. The molecule has 0 aromatic rings. The lowest BCUT2D eigenvalue weighted by Crippen LogP contribution is -1.96. The molecule has 1 N–H and O–H groups in total. The van der Waals surface area contributed by atoms with Gasteiger partial charge in [-0.15, -0.1) is 5.92 Å². The summed E-state index contributed by atoms with van der Waals surface area (Å²) >= 11 is 0. The molecule has 1 heteroatoms. The summed E-state index contributed by atoms with van der Waals surface area (Å²) in [4.78, 5) is 0. The van der Waals surface area contributed by atoms with Crippen LogP contribution in [0.2, 0.25) is 0 Å². The van der Waals surface area contributed by atoms with Crippen molar-refractivity contribution in [1.82, 2.24) is 5.32 Å². The zero-order valence-electron chi connectivity index (χ0n) is 13.3. The van der Waals surface area contributed by atoms with E-state index < -0.39 is 0 Å². The van der Waals surface area contributed by atoms with E-state index >= 15 is 0 Å². The number of hydrogen-bond acceptors (Lipinski definition) is 1. The highest BCUT2D eigenvalue weighted by atomic mass is 14.8. The molecule has 111 valence electrons. The van der Waals surface area contributed by atoms with Gasteiger partial charge in [-0.25, -0.2) is 0 Å². The zero-order chi connectivity index (χ0) is 14.0. The van der Waals surface area contributed by atoms with Crippen molar-refractivity contribution in [2.75, 3.05) is 7.05 Å². The normalized spacial score (nSPS) is 10.2. The van der Waals surface area contributed by atoms with E-state index in [2.05, 4.69) is 24.1 Å². The smallest absolute Gasteiger partial charge is 0.0956 e. The van der Waals surface area contributed by atoms with Gasteiger partial charge in [0, 0.05) is 6.42 Å². The van der Waals surface area contributed by atoms with Crippen LogP contribution in [0.3, 0.4) is 0 Å². The largest absolute Gasteiger partial charge is 0.305 e. The van der Waals surface area contributed by atoms with Gasteiger partial charge in [0.1, 0.15) is 0 Å². The van der Waals surface area contributed by atoms with Gasteiger partial charge >= 0.3 is 0 Å². The second kappa shape index (κ2) is 17.5. The summed E-state index contributed by atoms with van der Waals surface area (Å²) in [6.07, 6.45) is 18.0. The summed E-state index contributed by atoms with van der Waals surface area (Å²) in [6, 6.07) is 0. The monoisotopic (exact) mass is 264 g/mol. The summed E-state index contributed by atoms with van der Waals surface area (Å²) in [5, 5.41) is 2.92. The highest BCUT2D eigenvalue weighted by molar-refractivity contribution is 5.07. The second-order valence-corrected chi connectivity index (χ2v) is 5.39. The average molecular weight is 264 g/mol. The van der Waals surface area contributed by atoms with Gasteiger partial charge in [0.25, 0.3) is 0 Å². The molecule has 0 aliphatic rings. The van der Waals surface area contributed by atoms with E-state index in [4.69, 9.17) is 0 Å². The number of unbranched alkanes of at least 4 members (excludes halogenated alkanes) is 12. The first kappa shape index (κ1) is 18.5. The molecule has 0 heterocycles. The lowest BCUT2D eigenvalue weighted by atomic mass is 10.0. The van der Waals surface area contributed by atoms with Crippen molar-refractivity contribution >= 4 is 0 Å². The number of hydrogen-bond donors (Lipinski definition) is 1. The third kappa shape index (κ3) is 17.5. The highest BCUT2D eigenvalue weighted by Crippen LogP contribution is 2.12. The minimum atomic E-state index is 1.05. The molecular weight excluding hydrogens is 230 g/mol. The second-order valence-electron chi connectivity index (χ2n) is 5.39. The molecule has 19 heavy (non-hydrogen) atoms. The van der Waals surface area contributed by atoms with Gasteiger partial charge in [0.15, 0.2) is 0 Å². The van der Waals surface area contributed by atoms with E-state index in [0.29, 0.717) is 0 Å². The van der Waals surface area contributed by atoms with Crippen molar-refractivity contribution in [2.24, 2.45) is 0 Å². The Kier molecular flexibility index (Phi) is 17.1. The lowest BCUT2D eigenvalue weighted by Gasteiger charge is -2.01. The minimum absolute atomic E-state index is 1.05. The Morgan fingerprint density at radius 2 is 1.21 bits per heavy atom. The van der Waals surface area contributed by atoms with Gasteiger partial charge in [-0.3, -0.25) is 0 Å². The standard InChI is InChI=1S/C18H34N/c1-3-4-5-6-7-8-9-10-11-12-13-14-15-16-17-18-19-2/h18-19H,3-15H2,1-2H3. The van der Waals surface area contributed by atoms with Crippen molar-refractivity contribution in [2.45, 2.75) is 90.4 Å². The molecule has 0 saturated heterocycles. The third-order valence-electron chi connectivity index (χ3n) is 3.47. The lowest BCUT2D eigenvalue weighted by molar-refractivity contribution is 0.545. The van der Waals surface area contributed by atoms with Crippen molar-refractivity contribution in [3.8, 4) is 11.8 Å². The molecule has 0 spiro atoms. The molecule has 1 radical (unpaired) electrons. The first-order chi connectivity index (χ1) is 9.41. The zero-order valence-corrected chi connectivity index (χ0v) is 13.3. The number of nitrogens with one attached hydrogen (secondary N) is 1. The van der Waals surface area contributed by atoms with Crippen LogP contribution in [0.25, 0.3) is 0 Å². The molecule has 0 amide bonds. The molecule has 0 rings (SSSR count). The van der Waals surface area contributed by atoms with Crippen LogP contribution >= 0.6 is 0 Å². The summed E-state index contributed by atoms with van der Waals surface area (Å²) in [6.45, 7) is 4.09. The van der Waals surface area contributed by atoms with E-state index in [9.17, 15) is 0 Å². The van der Waals surface area contributed by atoms with E-state index in [0.717, 1.165) is 6.42 Å². The molecule has 0 atom stereocenters. The molecule has 0 unspecified atom stereocenters. The Morgan fingerprint density at radius 3 is 1.68 bits per heavy atom. The average Bonchev–Trinajstić information content (AvgIpc) is 2.43. The fourth-order valence-electron chi connectivity index (χ4n) is 2.25. The first-order valence-corrected chi connectivity index (χ1v) is 8.39. The van der Waals surface area contributed by atoms with Crippen LogP contribution in [0.15, 0.2) is 0 Å². The quantitative estimate of drug-likeness (QED) is 0.344. The van der Waals surface area contributed by atoms with Crippen LogP contribution in [-0.2, 0) is 0 Å². The van der Waals surface area contributed by atoms with Crippen molar-refractivity contribution in [1.29, 1.82) is 0 Å². The van der Waals surface area contributed by atoms with Crippen LogP contribution in [-0.4, -0.2) is 7.05 Å². The molecule has 0 bridgehead atoms. The predicted octanol–water partition coefficient (Wildman–Crippen LogP) is 5.46. The molecule has 0 fully saturated rings. The Hall–Kier alpha value is -0.480. The Balaban J connectivity index is 2.97. The maximum atomic E-state index is 3.15. The Labute approximate surface area is 121 Å². The predicted molar refractivity (Wildman–Crippen MR) is 86.8 cm³/mol. The molecule has 0 aromatic carbocycles. The van der Waals surface area contributed by atoms with Crippen LogP contribution in [0.1, 0.15) is 90.4 Å². The van der Waals surface area contributed by atoms with E-state index in [1.54, 1.807) is 6.54 Å². The van der Waals surface area contributed by atoms with Gasteiger partial charge in [-0.05, 0) is 13.5 Å². The molecular formula is C18H34N. The molecule has 0 aliphatic carbocycles. The summed E-state index contributed by atoms with van der Waals surface area (Å²) in [7, 11) is 1.89. The van der Waals surface area contributed by atoms with Gasteiger partial charge in [-0.1, -0.05) is 83.5 Å². The van der Waals surface area contributed by atoms with Crippen LogP contribution in [0.5, 0.6) is 0 Å². The fraction of sp³-hybridized carbons (Fsp3) is 0.833. The van der Waals surface area contributed by atoms with E-state index in [1.807, 2.05) is 7.05 Å².